The fourth-order valence-electron chi connectivity index (χ4n) is 1.41. The van der Waals surface area contributed by atoms with Gasteiger partial charge in [-0.1, -0.05) is 12.1 Å². The summed E-state index contributed by atoms with van der Waals surface area (Å²) in [5.41, 5.74) is 5.55. The van der Waals surface area contributed by atoms with E-state index in [0.29, 0.717) is 10.4 Å². The summed E-state index contributed by atoms with van der Waals surface area (Å²) in [5, 5.41) is 11.3. The van der Waals surface area contributed by atoms with Crippen LogP contribution in [0.3, 0.4) is 0 Å². The van der Waals surface area contributed by atoms with Gasteiger partial charge in [-0.25, -0.2) is 0 Å². The zero-order valence-electron chi connectivity index (χ0n) is 10.1. The van der Waals surface area contributed by atoms with Gasteiger partial charge in [0, 0.05) is 5.56 Å². The van der Waals surface area contributed by atoms with Gasteiger partial charge >= 0.3 is 0 Å². The van der Waals surface area contributed by atoms with Crippen LogP contribution < -0.4 is 10.9 Å². The molecule has 2 rings (SSSR count). The first-order valence-corrected chi connectivity index (χ1v) is 6.39. The maximum absolute atomic E-state index is 11.7. The van der Waals surface area contributed by atoms with Crippen molar-refractivity contribution in [2.75, 3.05) is 0 Å². The second-order valence-electron chi connectivity index (χ2n) is 3.89. The molecule has 0 aliphatic rings. The Balaban J connectivity index is 1.98. The number of nitrogens with one attached hydrogen (secondary N) is 2. The maximum Gasteiger partial charge on any atom is 0.279 e. The Morgan fingerprint density at radius 1 is 1.16 bits per heavy atom. The van der Waals surface area contributed by atoms with Crippen molar-refractivity contribution in [3.8, 4) is 5.75 Å². The minimum absolute atomic E-state index is 0.0391. The highest BCUT2D eigenvalue weighted by molar-refractivity contribution is 7.12. The largest absolute Gasteiger partial charge is 0.508 e. The molecule has 0 aliphatic carbocycles. The van der Waals surface area contributed by atoms with Crippen LogP contribution >= 0.6 is 11.3 Å². The lowest BCUT2D eigenvalue weighted by Crippen LogP contribution is -2.41. The fraction of sp³-hybridized carbons (Fsp3) is 0.0769. The SMILES string of the molecule is Cc1ccc(C(=O)NNC(=O)c2cccs2)cc1O. The van der Waals surface area contributed by atoms with Crippen LogP contribution in [0.4, 0.5) is 0 Å². The Hall–Kier alpha value is -2.34. The Labute approximate surface area is 113 Å². The first-order chi connectivity index (χ1) is 9.08. The van der Waals surface area contributed by atoms with E-state index in [2.05, 4.69) is 10.9 Å². The lowest BCUT2D eigenvalue weighted by atomic mass is 10.1. The van der Waals surface area contributed by atoms with E-state index >= 15 is 0 Å². The van der Waals surface area contributed by atoms with Crippen LogP contribution in [0.2, 0.25) is 0 Å². The molecule has 19 heavy (non-hydrogen) atoms. The molecule has 1 aromatic carbocycles. The van der Waals surface area contributed by atoms with Crippen LogP contribution in [-0.2, 0) is 0 Å². The van der Waals surface area contributed by atoms with Crippen LogP contribution in [0.1, 0.15) is 25.6 Å². The lowest BCUT2D eigenvalue weighted by Gasteiger charge is -2.07. The normalized spacial score (nSPS) is 9.95. The Kier molecular flexibility index (Phi) is 3.82. The minimum atomic E-state index is -0.486. The van der Waals surface area contributed by atoms with Crippen molar-refractivity contribution in [3.63, 3.8) is 0 Å². The number of hydrogen-bond donors (Lipinski definition) is 3. The number of aryl methyl sites for hydroxylation is 1. The molecule has 2 aromatic rings. The molecule has 0 bridgehead atoms. The topological polar surface area (TPSA) is 78.4 Å². The molecule has 1 heterocycles. The van der Waals surface area contributed by atoms with Gasteiger partial charge in [-0.15, -0.1) is 11.3 Å². The van der Waals surface area contributed by atoms with Gasteiger partial charge in [0.1, 0.15) is 5.75 Å². The number of aromatic hydroxyl groups is 1. The molecule has 3 N–H and O–H groups in total. The fourth-order valence-corrected chi connectivity index (χ4v) is 2.02. The van der Waals surface area contributed by atoms with Crippen LogP contribution in [0.15, 0.2) is 35.7 Å². The third-order valence-corrected chi connectivity index (χ3v) is 3.37. The summed E-state index contributed by atoms with van der Waals surface area (Å²) in [6.45, 7) is 1.73. The molecule has 5 nitrogen and oxygen atoms in total. The molecule has 0 atom stereocenters. The maximum atomic E-state index is 11.7. The number of hydrazine groups is 1. The van der Waals surface area contributed by atoms with E-state index in [1.54, 1.807) is 36.6 Å². The highest BCUT2D eigenvalue weighted by Crippen LogP contribution is 2.17. The summed E-state index contributed by atoms with van der Waals surface area (Å²) < 4.78 is 0. The smallest absolute Gasteiger partial charge is 0.279 e. The average Bonchev–Trinajstić information content (AvgIpc) is 2.92. The van der Waals surface area contributed by atoms with E-state index in [-0.39, 0.29) is 17.2 Å². The lowest BCUT2D eigenvalue weighted by molar-refractivity contribution is 0.0848. The van der Waals surface area contributed by atoms with E-state index in [1.165, 1.54) is 17.4 Å². The highest BCUT2D eigenvalue weighted by Gasteiger charge is 2.10. The van der Waals surface area contributed by atoms with E-state index in [1.807, 2.05) is 0 Å². The molecule has 0 unspecified atom stereocenters. The van der Waals surface area contributed by atoms with Gasteiger partial charge in [-0.3, -0.25) is 20.4 Å². The van der Waals surface area contributed by atoms with Crippen molar-refractivity contribution in [1.29, 1.82) is 0 Å². The van der Waals surface area contributed by atoms with Crippen molar-refractivity contribution in [2.24, 2.45) is 0 Å². The number of amides is 2. The zero-order valence-corrected chi connectivity index (χ0v) is 11.0. The van der Waals surface area contributed by atoms with Crippen molar-refractivity contribution < 1.29 is 14.7 Å². The van der Waals surface area contributed by atoms with Crippen LogP contribution in [0.5, 0.6) is 5.75 Å². The first kappa shape index (κ1) is 13.1. The van der Waals surface area contributed by atoms with Crippen molar-refractivity contribution in [1.82, 2.24) is 10.9 Å². The van der Waals surface area contributed by atoms with E-state index in [0.717, 1.165) is 0 Å². The third-order valence-electron chi connectivity index (χ3n) is 2.51. The van der Waals surface area contributed by atoms with E-state index in [4.69, 9.17) is 0 Å². The van der Waals surface area contributed by atoms with E-state index in [9.17, 15) is 14.7 Å². The number of carbonyl (C=O) groups is 2. The summed E-state index contributed by atoms with van der Waals surface area (Å²) in [5.74, 6) is -0.822. The molecule has 0 aliphatic heterocycles. The first-order valence-electron chi connectivity index (χ1n) is 5.52. The molecule has 98 valence electrons. The van der Waals surface area contributed by atoms with Gasteiger partial charge in [0.15, 0.2) is 0 Å². The number of phenolic OH excluding ortho intramolecular Hbond substituents is 1. The van der Waals surface area contributed by atoms with Gasteiger partial charge in [0.25, 0.3) is 11.8 Å². The summed E-state index contributed by atoms with van der Waals surface area (Å²) in [4.78, 5) is 23.9. The average molecular weight is 276 g/mol. The van der Waals surface area contributed by atoms with Crippen molar-refractivity contribution in [3.05, 3.63) is 51.7 Å². The predicted octanol–water partition coefficient (Wildman–Crippen LogP) is 1.84. The zero-order chi connectivity index (χ0) is 13.8. The quantitative estimate of drug-likeness (QED) is 0.732. The van der Waals surface area contributed by atoms with Gasteiger partial charge in [-0.05, 0) is 36.1 Å². The van der Waals surface area contributed by atoms with Crippen molar-refractivity contribution >= 4 is 23.2 Å². The monoisotopic (exact) mass is 276 g/mol. The number of carbonyl (C=O) groups excluding carboxylic acids is 2. The second kappa shape index (κ2) is 5.53. The van der Waals surface area contributed by atoms with Gasteiger partial charge in [-0.2, -0.15) is 0 Å². The molecule has 0 saturated heterocycles. The molecule has 0 spiro atoms. The van der Waals surface area contributed by atoms with Crippen molar-refractivity contribution in [2.45, 2.75) is 6.92 Å². The number of thiophene rings is 1. The molecular weight excluding hydrogens is 264 g/mol. The number of hydrogen-bond acceptors (Lipinski definition) is 4. The second-order valence-corrected chi connectivity index (χ2v) is 4.83. The van der Waals surface area contributed by atoms with Crippen LogP contribution in [0, 0.1) is 6.92 Å². The Morgan fingerprint density at radius 2 is 1.89 bits per heavy atom. The van der Waals surface area contributed by atoms with Crippen LogP contribution in [0.25, 0.3) is 0 Å². The molecule has 1 aromatic heterocycles. The Bertz CT molecular complexity index is 608. The number of benzene rings is 1. The molecule has 0 saturated carbocycles. The third kappa shape index (κ3) is 3.11. The summed E-state index contributed by atoms with van der Waals surface area (Å²) in [6, 6.07) is 7.96. The summed E-state index contributed by atoms with van der Waals surface area (Å²) in [6.07, 6.45) is 0. The summed E-state index contributed by atoms with van der Waals surface area (Å²) >= 11 is 1.28. The minimum Gasteiger partial charge on any atom is -0.508 e. The highest BCUT2D eigenvalue weighted by atomic mass is 32.1. The molecule has 6 heteroatoms. The number of phenols is 1. The summed E-state index contributed by atoms with van der Waals surface area (Å²) in [7, 11) is 0. The molecular formula is C13H12N2O3S. The predicted molar refractivity (Wildman–Crippen MR) is 72.1 cm³/mol. The van der Waals surface area contributed by atoms with Gasteiger partial charge in [0.05, 0.1) is 4.88 Å². The molecule has 2 amide bonds. The van der Waals surface area contributed by atoms with E-state index < -0.39 is 5.91 Å². The van der Waals surface area contributed by atoms with Gasteiger partial charge in [0.2, 0.25) is 0 Å². The molecule has 0 fully saturated rings. The Morgan fingerprint density at radius 3 is 2.53 bits per heavy atom. The van der Waals surface area contributed by atoms with Crippen LogP contribution in [-0.4, -0.2) is 16.9 Å². The molecule has 0 radical (unpaired) electrons. The number of rotatable bonds is 2. The van der Waals surface area contributed by atoms with Gasteiger partial charge < -0.3 is 5.11 Å². The standard InChI is InChI=1S/C13H12N2O3S/c1-8-4-5-9(7-10(8)16)12(17)14-15-13(18)11-3-2-6-19-11/h2-7,16H,1H3,(H,14,17)(H,15,18).